The number of nitrogens with one attached hydrogen (secondary N) is 2. The summed E-state index contributed by atoms with van der Waals surface area (Å²) in [5.74, 6) is -0.891. The Morgan fingerprint density at radius 3 is 2.15 bits per heavy atom. The van der Waals surface area contributed by atoms with Gasteiger partial charge in [-0.2, -0.15) is 0 Å². The lowest BCUT2D eigenvalue weighted by Crippen LogP contribution is -2.18. The summed E-state index contributed by atoms with van der Waals surface area (Å²) in [6, 6.07) is 14.8. The van der Waals surface area contributed by atoms with Crippen molar-refractivity contribution in [2.24, 2.45) is 0 Å². The number of sulfonamides is 1. The molecule has 2 N–H and O–H groups in total. The van der Waals surface area contributed by atoms with Crippen molar-refractivity contribution < 1.29 is 32.2 Å². The van der Waals surface area contributed by atoms with Gasteiger partial charge in [0.2, 0.25) is 0 Å². The Bertz CT molecular complexity index is 1330. The van der Waals surface area contributed by atoms with Gasteiger partial charge in [0.15, 0.2) is 11.5 Å². The van der Waals surface area contributed by atoms with Gasteiger partial charge in [0, 0.05) is 23.4 Å². The molecule has 3 rings (SSSR count). The lowest BCUT2D eigenvalue weighted by Gasteiger charge is -2.15. The molecule has 0 fully saturated rings. The molecule has 0 unspecified atom stereocenters. The van der Waals surface area contributed by atoms with Crippen LogP contribution in [0.4, 0.5) is 11.4 Å². The zero-order valence-electron chi connectivity index (χ0n) is 18.4. The monoisotopic (exact) mass is 504 g/mol. The van der Waals surface area contributed by atoms with Crippen LogP contribution in [0.2, 0.25) is 5.02 Å². The average molecular weight is 505 g/mol. The van der Waals surface area contributed by atoms with Crippen LogP contribution in [0.1, 0.15) is 20.7 Å². The molecule has 3 aromatic rings. The Morgan fingerprint density at radius 1 is 0.882 bits per heavy atom. The Balaban J connectivity index is 1.97. The van der Waals surface area contributed by atoms with E-state index in [0.717, 1.165) is 6.07 Å². The van der Waals surface area contributed by atoms with Crippen LogP contribution in [0.5, 0.6) is 11.5 Å². The molecule has 1 amide bonds. The van der Waals surface area contributed by atoms with Gasteiger partial charge in [0.1, 0.15) is 4.90 Å². The maximum absolute atomic E-state index is 13.0. The zero-order valence-corrected chi connectivity index (χ0v) is 20.0. The van der Waals surface area contributed by atoms with Gasteiger partial charge < -0.3 is 19.5 Å². The molecule has 0 aliphatic carbocycles. The Morgan fingerprint density at radius 2 is 1.53 bits per heavy atom. The van der Waals surface area contributed by atoms with Gasteiger partial charge in [0.05, 0.1) is 37.6 Å². The van der Waals surface area contributed by atoms with E-state index >= 15 is 0 Å². The molecule has 0 aliphatic heterocycles. The second-order valence-corrected chi connectivity index (χ2v) is 8.87. The fourth-order valence-electron chi connectivity index (χ4n) is 3.02. The zero-order chi connectivity index (χ0) is 24.9. The van der Waals surface area contributed by atoms with E-state index < -0.39 is 21.9 Å². The molecule has 0 saturated carbocycles. The van der Waals surface area contributed by atoms with E-state index in [1.54, 1.807) is 30.3 Å². The number of carbonyl (C=O) groups excluding carboxylic acids is 2. The third kappa shape index (κ3) is 5.41. The summed E-state index contributed by atoms with van der Waals surface area (Å²) >= 11 is 6.13. The number of anilines is 2. The summed E-state index contributed by atoms with van der Waals surface area (Å²) in [5.41, 5.74) is 0.419. The highest BCUT2D eigenvalue weighted by atomic mass is 35.5. The summed E-state index contributed by atoms with van der Waals surface area (Å²) in [6.45, 7) is 0. The van der Waals surface area contributed by atoms with Crippen LogP contribution < -0.4 is 19.5 Å². The van der Waals surface area contributed by atoms with Crippen molar-refractivity contribution in [1.82, 2.24) is 0 Å². The van der Waals surface area contributed by atoms with Crippen LogP contribution in [0, 0.1) is 0 Å². The summed E-state index contributed by atoms with van der Waals surface area (Å²) in [4.78, 5) is 24.9. The van der Waals surface area contributed by atoms with Crippen LogP contribution in [0.15, 0.2) is 65.6 Å². The lowest BCUT2D eigenvalue weighted by atomic mass is 10.1. The molecule has 0 aromatic heterocycles. The van der Waals surface area contributed by atoms with Crippen LogP contribution in [-0.4, -0.2) is 41.6 Å². The van der Waals surface area contributed by atoms with E-state index in [1.165, 1.54) is 45.6 Å². The third-order valence-electron chi connectivity index (χ3n) is 4.69. The summed E-state index contributed by atoms with van der Waals surface area (Å²) in [7, 11) is -0.0963. The van der Waals surface area contributed by atoms with Crippen molar-refractivity contribution >= 4 is 44.9 Å². The minimum Gasteiger partial charge on any atom is -0.493 e. The van der Waals surface area contributed by atoms with E-state index in [0.29, 0.717) is 5.69 Å². The molecule has 3 aromatic carbocycles. The molecule has 0 heterocycles. The normalized spacial score (nSPS) is 10.8. The molecule has 178 valence electrons. The summed E-state index contributed by atoms with van der Waals surface area (Å²) in [6.07, 6.45) is 0. The van der Waals surface area contributed by atoms with Gasteiger partial charge >= 0.3 is 5.97 Å². The molecule has 34 heavy (non-hydrogen) atoms. The second-order valence-electron chi connectivity index (χ2n) is 6.82. The van der Waals surface area contributed by atoms with Gasteiger partial charge in [-0.1, -0.05) is 29.8 Å². The maximum atomic E-state index is 13.0. The lowest BCUT2D eigenvalue weighted by molar-refractivity contribution is 0.0601. The Kier molecular flexibility index (Phi) is 7.64. The predicted molar refractivity (Wildman–Crippen MR) is 128 cm³/mol. The molecular formula is C23H21ClN2O7S. The molecule has 0 radical (unpaired) electrons. The molecule has 0 spiro atoms. The van der Waals surface area contributed by atoms with E-state index in [9.17, 15) is 18.0 Å². The predicted octanol–water partition coefficient (Wildman–Crippen LogP) is 4.20. The van der Waals surface area contributed by atoms with Crippen molar-refractivity contribution in [3.05, 3.63) is 76.8 Å². The molecule has 0 atom stereocenters. The highest BCUT2D eigenvalue weighted by Crippen LogP contribution is 2.34. The smallest absolute Gasteiger partial charge is 0.340 e. The fourth-order valence-corrected chi connectivity index (χ4v) is 4.61. The standard InChI is InChI=1S/C23H21ClN2O7S/c1-31-19-12-16(23(28)33-3)18(13-20(19)32-2)25-22(27)14-9-10-17(24)21(11-14)34(29,30)26-15-7-5-4-6-8-15/h4-13,26H,1-3H3,(H,25,27). The van der Waals surface area contributed by atoms with Crippen molar-refractivity contribution in [1.29, 1.82) is 0 Å². The number of rotatable bonds is 8. The molecule has 9 nitrogen and oxygen atoms in total. The van der Waals surface area contributed by atoms with Gasteiger partial charge in [-0.25, -0.2) is 13.2 Å². The first-order valence-corrected chi connectivity index (χ1v) is 11.6. The van der Waals surface area contributed by atoms with Crippen molar-refractivity contribution in [2.75, 3.05) is 31.4 Å². The van der Waals surface area contributed by atoms with Crippen LogP contribution >= 0.6 is 11.6 Å². The number of ether oxygens (including phenoxy) is 3. The second kappa shape index (κ2) is 10.4. The number of carbonyl (C=O) groups is 2. The molecular weight excluding hydrogens is 484 g/mol. The molecule has 11 heteroatoms. The summed E-state index contributed by atoms with van der Waals surface area (Å²) in [5, 5.41) is 2.51. The number of halogens is 1. The molecule has 0 saturated heterocycles. The van der Waals surface area contributed by atoms with E-state index in [-0.39, 0.29) is 38.2 Å². The van der Waals surface area contributed by atoms with E-state index in [1.807, 2.05) is 0 Å². The molecule has 0 aliphatic rings. The fraction of sp³-hybridized carbons (Fsp3) is 0.130. The number of amides is 1. The van der Waals surface area contributed by atoms with Gasteiger partial charge in [-0.05, 0) is 30.3 Å². The quantitative estimate of drug-likeness (QED) is 0.441. The van der Waals surface area contributed by atoms with Gasteiger partial charge in [0.25, 0.3) is 15.9 Å². The van der Waals surface area contributed by atoms with Gasteiger partial charge in [-0.3, -0.25) is 9.52 Å². The topological polar surface area (TPSA) is 120 Å². The van der Waals surface area contributed by atoms with E-state index in [2.05, 4.69) is 10.0 Å². The minimum atomic E-state index is -4.09. The first-order valence-electron chi connectivity index (χ1n) is 9.73. The first kappa shape index (κ1) is 24.9. The van der Waals surface area contributed by atoms with Gasteiger partial charge in [-0.15, -0.1) is 0 Å². The number of para-hydroxylation sites is 1. The first-order chi connectivity index (χ1) is 16.2. The Labute approximate surface area is 201 Å². The van der Waals surface area contributed by atoms with Crippen molar-refractivity contribution in [3.8, 4) is 11.5 Å². The van der Waals surface area contributed by atoms with Crippen LogP contribution in [-0.2, 0) is 14.8 Å². The highest BCUT2D eigenvalue weighted by Gasteiger charge is 2.23. The maximum Gasteiger partial charge on any atom is 0.340 e. The summed E-state index contributed by atoms with van der Waals surface area (Å²) < 4.78 is 43.4. The molecule has 0 bridgehead atoms. The van der Waals surface area contributed by atoms with Crippen LogP contribution in [0.25, 0.3) is 0 Å². The number of esters is 1. The number of hydrogen-bond acceptors (Lipinski definition) is 7. The Hall–Kier alpha value is -3.76. The number of methoxy groups -OCH3 is 3. The largest absolute Gasteiger partial charge is 0.493 e. The third-order valence-corrected chi connectivity index (χ3v) is 6.55. The number of hydrogen-bond donors (Lipinski definition) is 2. The number of benzene rings is 3. The SMILES string of the molecule is COC(=O)c1cc(OC)c(OC)cc1NC(=O)c1ccc(Cl)c(S(=O)(=O)Nc2ccccc2)c1. The van der Waals surface area contributed by atoms with Crippen LogP contribution in [0.3, 0.4) is 0 Å². The minimum absolute atomic E-state index is 0.0107. The highest BCUT2D eigenvalue weighted by molar-refractivity contribution is 7.92. The van der Waals surface area contributed by atoms with Crippen molar-refractivity contribution in [3.63, 3.8) is 0 Å². The van der Waals surface area contributed by atoms with E-state index in [4.69, 9.17) is 25.8 Å². The average Bonchev–Trinajstić information content (AvgIpc) is 2.83. The van der Waals surface area contributed by atoms with Crippen molar-refractivity contribution in [2.45, 2.75) is 4.90 Å².